The van der Waals surface area contributed by atoms with Gasteiger partial charge in [-0.3, -0.25) is 0 Å². The standard InChI is InChI=1S/C13H14Cl2N2.ClH/c14-12-4-1-11(2-5-12)3-6-13(15)9-17-8-7-16-10-17;/h1-2,4-5,7-8,10,13H,3,6,9H2;1H. The summed E-state index contributed by atoms with van der Waals surface area (Å²) in [5, 5.41) is 0.898. The Morgan fingerprint density at radius 1 is 1.22 bits per heavy atom. The number of hydrogen-bond donors (Lipinski definition) is 0. The zero-order valence-electron chi connectivity index (χ0n) is 9.80. The van der Waals surface area contributed by atoms with Crippen LogP contribution < -0.4 is 0 Å². The number of alkyl halides is 1. The number of benzene rings is 1. The van der Waals surface area contributed by atoms with Crippen LogP contribution in [0.2, 0.25) is 5.02 Å². The fourth-order valence-corrected chi connectivity index (χ4v) is 2.08. The van der Waals surface area contributed by atoms with E-state index in [1.54, 1.807) is 12.5 Å². The monoisotopic (exact) mass is 304 g/mol. The topological polar surface area (TPSA) is 17.8 Å². The Kier molecular flexibility index (Phi) is 6.55. The molecule has 0 radical (unpaired) electrons. The summed E-state index contributed by atoms with van der Waals surface area (Å²) in [5.74, 6) is 0. The van der Waals surface area contributed by atoms with E-state index in [4.69, 9.17) is 23.2 Å². The van der Waals surface area contributed by atoms with E-state index < -0.39 is 0 Å². The highest BCUT2D eigenvalue weighted by atomic mass is 35.5. The van der Waals surface area contributed by atoms with E-state index in [0.717, 1.165) is 24.4 Å². The number of aryl methyl sites for hydroxylation is 1. The molecule has 0 saturated heterocycles. The molecule has 0 aliphatic rings. The molecule has 1 atom stereocenters. The number of imidazole rings is 1. The fraction of sp³-hybridized carbons (Fsp3) is 0.308. The molecule has 2 rings (SSSR count). The van der Waals surface area contributed by atoms with Gasteiger partial charge in [-0.1, -0.05) is 23.7 Å². The average molecular weight is 306 g/mol. The zero-order valence-corrected chi connectivity index (χ0v) is 12.1. The summed E-state index contributed by atoms with van der Waals surface area (Å²) in [7, 11) is 0. The van der Waals surface area contributed by atoms with Crippen molar-refractivity contribution >= 4 is 35.6 Å². The van der Waals surface area contributed by atoms with Crippen LogP contribution in [0.5, 0.6) is 0 Å². The molecule has 18 heavy (non-hydrogen) atoms. The minimum atomic E-state index is 0. The second-order valence-corrected chi connectivity index (χ2v) is 5.08. The third-order valence-corrected chi connectivity index (χ3v) is 3.24. The Labute approximate surface area is 123 Å². The van der Waals surface area contributed by atoms with E-state index in [2.05, 4.69) is 4.98 Å². The normalized spacial score (nSPS) is 11.9. The molecule has 0 spiro atoms. The van der Waals surface area contributed by atoms with Crippen molar-refractivity contribution in [2.75, 3.05) is 0 Å². The Hall–Kier alpha value is -0.700. The maximum atomic E-state index is 6.28. The van der Waals surface area contributed by atoms with E-state index in [1.165, 1.54) is 5.56 Å². The molecule has 0 amide bonds. The first-order valence-corrected chi connectivity index (χ1v) is 6.40. The SMILES string of the molecule is Cl.Clc1ccc(CCC(Cl)Cn2ccnc2)cc1. The van der Waals surface area contributed by atoms with Gasteiger partial charge in [-0.05, 0) is 30.5 Å². The highest BCUT2D eigenvalue weighted by Gasteiger charge is 2.05. The average Bonchev–Trinajstić information content (AvgIpc) is 2.81. The quantitative estimate of drug-likeness (QED) is 0.757. The number of aromatic nitrogens is 2. The lowest BCUT2D eigenvalue weighted by molar-refractivity contribution is 0.617. The lowest BCUT2D eigenvalue weighted by Crippen LogP contribution is -2.10. The van der Waals surface area contributed by atoms with Crippen molar-refractivity contribution in [2.45, 2.75) is 24.8 Å². The molecule has 2 aromatic rings. The van der Waals surface area contributed by atoms with Gasteiger partial charge in [0.25, 0.3) is 0 Å². The van der Waals surface area contributed by atoms with Gasteiger partial charge in [-0.2, -0.15) is 0 Å². The molecule has 2 nitrogen and oxygen atoms in total. The predicted octanol–water partition coefficient (Wildman–Crippen LogP) is 4.20. The second-order valence-electron chi connectivity index (χ2n) is 4.02. The summed E-state index contributed by atoms with van der Waals surface area (Å²) >= 11 is 12.1. The summed E-state index contributed by atoms with van der Waals surface area (Å²) in [6, 6.07) is 7.91. The Morgan fingerprint density at radius 3 is 2.56 bits per heavy atom. The van der Waals surface area contributed by atoms with Crippen LogP contribution in [0.1, 0.15) is 12.0 Å². The molecule has 1 aromatic heterocycles. The van der Waals surface area contributed by atoms with Crippen LogP contribution in [0.3, 0.4) is 0 Å². The van der Waals surface area contributed by atoms with Crippen LogP contribution in [-0.4, -0.2) is 14.9 Å². The molecule has 0 saturated carbocycles. The molecule has 0 fully saturated rings. The first-order valence-electron chi connectivity index (χ1n) is 5.58. The molecule has 1 aromatic carbocycles. The van der Waals surface area contributed by atoms with Crippen LogP contribution in [0, 0.1) is 0 Å². The zero-order chi connectivity index (χ0) is 12.1. The van der Waals surface area contributed by atoms with Crippen molar-refractivity contribution < 1.29 is 0 Å². The summed E-state index contributed by atoms with van der Waals surface area (Å²) in [4.78, 5) is 3.99. The lowest BCUT2D eigenvalue weighted by Gasteiger charge is -2.10. The van der Waals surface area contributed by atoms with Gasteiger partial charge in [-0.15, -0.1) is 24.0 Å². The summed E-state index contributed by atoms with van der Waals surface area (Å²) in [5.41, 5.74) is 1.27. The molecule has 0 aliphatic heterocycles. The van der Waals surface area contributed by atoms with Gasteiger partial charge in [0, 0.05) is 24.0 Å². The third kappa shape index (κ3) is 4.89. The molecule has 5 heteroatoms. The van der Waals surface area contributed by atoms with E-state index in [-0.39, 0.29) is 17.8 Å². The van der Waals surface area contributed by atoms with Gasteiger partial charge in [-0.25, -0.2) is 4.98 Å². The van der Waals surface area contributed by atoms with Crippen molar-refractivity contribution in [2.24, 2.45) is 0 Å². The summed E-state index contributed by atoms with van der Waals surface area (Å²) in [6.45, 7) is 0.801. The minimum Gasteiger partial charge on any atom is -0.336 e. The van der Waals surface area contributed by atoms with Crippen molar-refractivity contribution in [3.8, 4) is 0 Å². The molecule has 98 valence electrons. The smallest absolute Gasteiger partial charge is 0.0946 e. The number of nitrogens with zero attached hydrogens (tertiary/aromatic N) is 2. The third-order valence-electron chi connectivity index (χ3n) is 2.63. The Bertz CT molecular complexity index is 440. The van der Waals surface area contributed by atoms with E-state index in [1.807, 2.05) is 35.0 Å². The molecule has 1 unspecified atom stereocenters. The maximum Gasteiger partial charge on any atom is 0.0946 e. The van der Waals surface area contributed by atoms with E-state index in [9.17, 15) is 0 Å². The first-order chi connectivity index (χ1) is 8.24. The number of rotatable bonds is 5. The number of hydrogen-bond acceptors (Lipinski definition) is 1. The molecule has 0 bridgehead atoms. The predicted molar refractivity (Wildman–Crippen MR) is 78.9 cm³/mol. The van der Waals surface area contributed by atoms with Gasteiger partial charge >= 0.3 is 0 Å². The van der Waals surface area contributed by atoms with E-state index in [0.29, 0.717) is 0 Å². The number of halogens is 3. The first kappa shape index (κ1) is 15.4. The van der Waals surface area contributed by atoms with Crippen LogP contribution in [0.15, 0.2) is 43.0 Å². The largest absolute Gasteiger partial charge is 0.336 e. The van der Waals surface area contributed by atoms with Gasteiger partial charge in [0.1, 0.15) is 0 Å². The molecule has 0 N–H and O–H groups in total. The van der Waals surface area contributed by atoms with Crippen molar-refractivity contribution in [1.82, 2.24) is 9.55 Å². The van der Waals surface area contributed by atoms with Crippen LogP contribution in [0.4, 0.5) is 0 Å². The van der Waals surface area contributed by atoms with Crippen molar-refractivity contribution in [3.05, 3.63) is 53.6 Å². The Balaban J connectivity index is 0.00000162. The highest BCUT2D eigenvalue weighted by Crippen LogP contribution is 2.14. The van der Waals surface area contributed by atoms with Gasteiger partial charge in [0.2, 0.25) is 0 Å². The van der Waals surface area contributed by atoms with Gasteiger partial charge < -0.3 is 4.57 Å². The van der Waals surface area contributed by atoms with Crippen molar-refractivity contribution in [3.63, 3.8) is 0 Å². The van der Waals surface area contributed by atoms with Crippen LogP contribution in [0.25, 0.3) is 0 Å². The van der Waals surface area contributed by atoms with Gasteiger partial charge in [0.05, 0.1) is 11.7 Å². The van der Waals surface area contributed by atoms with Crippen LogP contribution in [-0.2, 0) is 13.0 Å². The summed E-state index contributed by atoms with van der Waals surface area (Å²) in [6.07, 6.45) is 7.40. The van der Waals surface area contributed by atoms with Crippen LogP contribution >= 0.6 is 35.6 Å². The Morgan fingerprint density at radius 2 is 1.94 bits per heavy atom. The lowest BCUT2D eigenvalue weighted by atomic mass is 10.1. The van der Waals surface area contributed by atoms with Gasteiger partial charge in [0.15, 0.2) is 0 Å². The second kappa shape index (κ2) is 7.67. The highest BCUT2D eigenvalue weighted by molar-refractivity contribution is 6.30. The molecular formula is C13H15Cl3N2. The molecular weight excluding hydrogens is 291 g/mol. The summed E-state index contributed by atoms with van der Waals surface area (Å²) < 4.78 is 2.00. The van der Waals surface area contributed by atoms with E-state index >= 15 is 0 Å². The minimum absolute atomic E-state index is 0. The molecule has 1 heterocycles. The fourth-order valence-electron chi connectivity index (χ4n) is 1.69. The van der Waals surface area contributed by atoms with Crippen molar-refractivity contribution in [1.29, 1.82) is 0 Å². The molecule has 0 aliphatic carbocycles. The maximum absolute atomic E-state index is 6.28.